The molecule has 4 nitrogen and oxygen atoms in total. The maximum absolute atomic E-state index is 12.8. The van der Waals surface area contributed by atoms with Crippen molar-refractivity contribution in [3.8, 4) is 22.6 Å². The molecule has 0 saturated carbocycles. The lowest BCUT2D eigenvalue weighted by Crippen LogP contribution is -2.12. The molecule has 32 heavy (non-hydrogen) atoms. The summed E-state index contributed by atoms with van der Waals surface area (Å²) in [6.07, 6.45) is 4.03. The Morgan fingerprint density at radius 2 is 1.44 bits per heavy atom. The number of phenols is 1. The molecule has 0 spiro atoms. The summed E-state index contributed by atoms with van der Waals surface area (Å²) < 4.78 is 5.17. The van der Waals surface area contributed by atoms with Crippen LogP contribution in [-0.2, 0) is 0 Å². The molecule has 0 aliphatic rings. The SMILES string of the molecule is COc1ccc(C(=O)Nc2ccccc2-c2ccccc2C=Cc2ccc(O)cc2)cc1. The highest BCUT2D eigenvalue weighted by atomic mass is 16.5. The van der Waals surface area contributed by atoms with E-state index in [4.69, 9.17) is 4.74 Å². The molecule has 1 amide bonds. The average Bonchev–Trinajstić information content (AvgIpc) is 2.84. The van der Waals surface area contributed by atoms with Crippen LogP contribution in [0.4, 0.5) is 5.69 Å². The van der Waals surface area contributed by atoms with Crippen LogP contribution in [0, 0.1) is 0 Å². The second-order valence-corrected chi connectivity index (χ2v) is 7.24. The van der Waals surface area contributed by atoms with Gasteiger partial charge in [0.05, 0.1) is 7.11 Å². The lowest BCUT2D eigenvalue weighted by Gasteiger charge is -2.14. The van der Waals surface area contributed by atoms with Crippen LogP contribution < -0.4 is 10.1 Å². The maximum Gasteiger partial charge on any atom is 0.255 e. The summed E-state index contributed by atoms with van der Waals surface area (Å²) in [6, 6.07) is 29.9. The van der Waals surface area contributed by atoms with Crippen molar-refractivity contribution in [2.24, 2.45) is 0 Å². The van der Waals surface area contributed by atoms with E-state index < -0.39 is 0 Å². The maximum atomic E-state index is 12.8. The van der Waals surface area contributed by atoms with E-state index in [-0.39, 0.29) is 11.7 Å². The predicted molar refractivity (Wildman–Crippen MR) is 130 cm³/mol. The van der Waals surface area contributed by atoms with E-state index in [0.717, 1.165) is 27.9 Å². The number of phenolic OH excluding ortho intramolecular Hbond substituents is 1. The first-order valence-corrected chi connectivity index (χ1v) is 10.2. The number of carbonyl (C=O) groups is 1. The number of benzene rings is 4. The van der Waals surface area contributed by atoms with Gasteiger partial charge in [-0.1, -0.05) is 66.7 Å². The highest BCUT2D eigenvalue weighted by molar-refractivity contribution is 6.06. The quantitative estimate of drug-likeness (QED) is 0.350. The molecule has 158 valence electrons. The molecule has 0 aliphatic carbocycles. The van der Waals surface area contributed by atoms with Crippen molar-refractivity contribution in [1.82, 2.24) is 0 Å². The van der Waals surface area contributed by atoms with Crippen LogP contribution in [0.5, 0.6) is 11.5 Å². The number of ether oxygens (including phenoxy) is 1. The summed E-state index contributed by atoms with van der Waals surface area (Å²) in [7, 11) is 1.60. The highest BCUT2D eigenvalue weighted by Crippen LogP contribution is 2.32. The van der Waals surface area contributed by atoms with Gasteiger partial charge in [-0.05, 0) is 59.2 Å². The van der Waals surface area contributed by atoms with Crippen molar-refractivity contribution < 1.29 is 14.6 Å². The molecule has 2 N–H and O–H groups in total. The minimum absolute atomic E-state index is 0.183. The van der Waals surface area contributed by atoms with Gasteiger partial charge in [0.25, 0.3) is 5.91 Å². The Kier molecular flexibility index (Phi) is 6.33. The minimum atomic E-state index is -0.183. The number of amides is 1. The Balaban J connectivity index is 1.63. The smallest absolute Gasteiger partial charge is 0.255 e. The zero-order valence-corrected chi connectivity index (χ0v) is 17.7. The van der Waals surface area contributed by atoms with Crippen LogP contribution in [-0.4, -0.2) is 18.1 Å². The van der Waals surface area contributed by atoms with Crippen molar-refractivity contribution in [2.75, 3.05) is 12.4 Å². The molecular weight excluding hydrogens is 398 g/mol. The number of para-hydroxylation sites is 1. The fourth-order valence-corrected chi connectivity index (χ4v) is 3.42. The number of nitrogens with one attached hydrogen (secondary N) is 1. The zero-order chi connectivity index (χ0) is 22.3. The van der Waals surface area contributed by atoms with Crippen LogP contribution >= 0.6 is 0 Å². The number of methoxy groups -OCH3 is 1. The summed E-state index contributed by atoms with van der Waals surface area (Å²) in [6.45, 7) is 0. The molecule has 4 aromatic carbocycles. The van der Waals surface area contributed by atoms with Gasteiger partial charge in [-0.15, -0.1) is 0 Å². The van der Waals surface area contributed by atoms with Crippen molar-refractivity contribution in [1.29, 1.82) is 0 Å². The Hall–Kier alpha value is -4.31. The van der Waals surface area contributed by atoms with E-state index in [1.165, 1.54) is 0 Å². The van der Waals surface area contributed by atoms with Crippen LogP contribution in [0.1, 0.15) is 21.5 Å². The van der Waals surface area contributed by atoms with Crippen molar-refractivity contribution in [3.63, 3.8) is 0 Å². The summed E-state index contributed by atoms with van der Waals surface area (Å²) in [5.41, 5.74) is 5.24. The molecule has 4 aromatic rings. The average molecular weight is 421 g/mol. The molecular formula is C28H23NO3. The third-order valence-electron chi connectivity index (χ3n) is 5.13. The minimum Gasteiger partial charge on any atom is -0.508 e. The normalized spacial score (nSPS) is 10.8. The zero-order valence-electron chi connectivity index (χ0n) is 17.7. The van der Waals surface area contributed by atoms with Crippen LogP contribution in [0.2, 0.25) is 0 Å². The van der Waals surface area contributed by atoms with Crippen LogP contribution in [0.3, 0.4) is 0 Å². The van der Waals surface area contributed by atoms with Crippen molar-refractivity contribution >= 4 is 23.7 Å². The number of aromatic hydroxyl groups is 1. The number of hydrogen-bond donors (Lipinski definition) is 2. The number of anilines is 1. The van der Waals surface area contributed by atoms with E-state index in [2.05, 4.69) is 5.32 Å². The molecule has 0 radical (unpaired) electrons. The number of rotatable bonds is 6. The van der Waals surface area contributed by atoms with E-state index in [9.17, 15) is 9.90 Å². The Labute approximate surface area is 187 Å². The first kappa shape index (κ1) is 20.9. The van der Waals surface area contributed by atoms with Gasteiger partial charge in [0.1, 0.15) is 11.5 Å². The highest BCUT2D eigenvalue weighted by Gasteiger charge is 2.12. The lowest BCUT2D eigenvalue weighted by atomic mass is 9.97. The molecule has 0 saturated heterocycles. The molecule has 4 rings (SSSR count). The molecule has 0 heterocycles. The third kappa shape index (κ3) is 4.87. The van der Waals surface area contributed by atoms with Crippen LogP contribution in [0.15, 0.2) is 97.1 Å². The summed E-state index contributed by atoms with van der Waals surface area (Å²) in [5.74, 6) is 0.762. The second-order valence-electron chi connectivity index (χ2n) is 7.24. The van der Waals surface area contributed by atoms with E-state index >= 15 is 0 Å². The second kappa shape index (κ2) is 9.67. The Morgan fingerprint density at radius 1 is 0.781 bits per heavy atom. The standard InChI is InChI=1S/C28H23NO3/c1-32-24-18-14-22(15-19-24)28(31)29-27-9-5-4-8-26(27)25-7-3-2-6-21(25)13-10-20-11-16-23(30)17-12-20/h2-19,30H,1H3,(H,29,31). The fraction of sp³-hybridized carbons (Fsp3) is 0.0357. The lowest BCUT2D eigenvalue weighted by molar-refractivity contribution is 0.102. The molecule has 0 aliphatic heterocycles. The van der Waals surface area contributed by atoms with Gasteiger partial charge in [0.2, 0.25) is 0 Å². The van der Waals surface area contributed by atoms with Gasteiger partial charge < -0.3 is 15.2 Å². The van der Waals surface area contributed by atoms with E-state index in [1.807, 2.05) is 72.8 Å². The number of carbonyl (C=O) groups excluding carboxylic acids is 1. The van der Waals surface area contributed by atoms with Crippen LogP contribution in [0.25, 0.3) is 23.3 Å². The predicted octanol–water partition coefficient (Wildman–Crippen LogP) is 6.49. The molecule has 0 bridgehead atoms. The monoisotopic (exact) mass is 421 g/mol. The molecule has 0 atom stereocenters. The van der Waals surface area contributed by atoms with E-state index in [1.54, 1.807) is 43.5 Å². The van der Waals surface area contributed by atoms with Crippen molar-refractivity contribution in [2.45, 2.75) is 0 Å². The van der Waals surface area contributed by atoms with E-state index in [0.29, 0.717) is 11.3 Å². The first-order chi connectivity index (χ1) is 15.6. The molecule has 0 aromatic heterocycles. The third-order valence-corrected chi connectivity index (χ3v) is 5.13. The van der Waals surface area contributed by atoms with Gasteiger partial charge in [-0.3, -0.25) is 4.79 Å². The summed E-state index contributed by atoms with van der Waals surface area (Å²) in [5, 5.41) is 12.5. The van der Waals surface area contributed by atoms with Gasteiger partial charge in [0, 0.05) is 16.8 Å². The fourth-order valence-electron chi connectivity index (χ4n) is 3.42. The van der Waals surface area contributed by atoms with Gasteiger partial charge >= 0.3 is 0 Å². The van der Waals surface area contributed by atoms with Gasteiger partial charge in [-0.25, -0.2) is 0 Å². The first-order valence-electron chi connectivity index (χ1n) is 10.2. The molecule has 0 fully saturated rings. The molecule has 4 heteroatoms. The molecule has 0 unspecified atom stereocenters. The Bertz CT molecular complexity index is 1240. The van der Waals surface area contributed by atoms with Gasteiger partial charge in [-0.2, -0.15) is 0 Å². The number of hydrogen-bond acceptors (Lipinski definition) is 3. The Morgan fingerprint density at radius 3 is 2.16 bits per heavy atom. The topological polar surface area (TPSA) is 58.6 Å². The van der Waals surface area contributed by atoms with Crippen molar-refractivity contribution in [3.05, 3.63) is 114 Å². The van der Waals surface area contributed by atoms with Gasteiger partial charge in [0.15, 0.2) is 0 Å². The summed E-state index contributed by atoms with van der Waals surface area (Å²) in [4.78, 5) is 12.8. The largest absolute Gasteiger partial charge is 0.508 e. The summed E-state index contributed by atoms with van der Waals surface area (Å²) >= 11 is 0.